The van der Waals surface area contributed by atoms with Gasteiger partial charge in [-0.05, 0) is 57.1 Å². The highest BCUT2D eigenvalue weighted by molar-refractivity contribution is 5.87. The van der Waals surface area contributed by atoms with Crippen LogP contribution in [0, 0.1) is 6.92 Å². The summed E-state index contributed by atoms with van der Waals surface area (Å²) in [6, 6.07) is 7.95. The quantitative estimate of drug-likeness (QED) is 0.739. The molecule has 4 heterocycles. The fraction of sp³-hybridized carbons (Fsp3) is 0.389. The average Bonchev–Trinajstić information content (AvgIpc) is 3.27. The highest BCUT2D eigenvalue weighted by Gasteiger charge is 2.26. The number of nitrogens with two attached hydrogens (primary N) is 1. The van der Waals surface area contributed by atoms with Crippen molar-refractivity contribution in [1.82, 2.24) is 19.9 Å². The molecular formula is C18H22N6O. The van der Waals surface area contributed by atoms with Gasteiger partial charge in [-0.25, -0.2) is 15.0 Å². The van der Waals surface area contributed by atoms with E-state index < -0.39 is 0 Å². The molecule has 3 aromatic heterocycles. The van der Waals surface area contributed by atoms with Crippen LogP contribution in [-0.2, 0) is 0 Å². The summed E-state index contributed by atoms with van der Waals surface area (Å²) >= 11 is 0. The monoisotopic (exact) mass is 338 g/mol. The van der Waals surface area contributed by atoms with Crippen LogP contribution in [-0.4, -0.2) is 39.5 Å². The lowest BCUT2D eigenvalue weighted by Crippen LogP contribution is -2.31. The Morgan fingerprint density at radius 3 is 2.80 bits per heavy atom. The minimum atomic E-state index is 0.183. The third kappa shape index (κ3) is 3.28. The highest BCUT2D eigenvalue weighted by Crippen LogP contribution is 2.28. The number of nitrogen functional groups attached to an aromatic ring is 1. The second-order valence-electron chi connectivity index (χ2n) is 6.42. The average molecular weight is 338 g/mol. The Morgan fingerprint density at radius 1 is 1.20 bits per heavy atom. The van der Waals surface area contributed by atoms with Gasteiger partial charge in [0, 0.05) is 6.54 Å². The molecule has 130 valence electrons. The lowest BCUT2D eigenvalue weighted by Gasteiger charge is -2.26. The van der Waals surface area contributed by atoms with E-state index in [1.807, 2.05) is 19.1 Å². The van der Waals surface area contributed by atoms with Gasteiger partial charge in [-0.3, -0.25) is 4.90 Å². The molecule has 7 nitrogen and oxygen atoms in total. The molecule has 7 heteroatoms. The number of nitrogens with one attached hydrogen (secondary N) is 1. The maximum absolute atomic E-state index is 5.91. The third-order valence-corrected chi connectivity index (χ3v) is 4.65. The molecule has 3 aromatic rings. The van der Waals surface area contributed by atoms with Gasteiger partial charge in [0.05, 0.1) is 11.4 Å². The summed E-state index contributed by atoms with van der Waals surface area (Å²) in [7, 11) is 0. The van der Waals surface area contributed by atoms with E-state index >= 15 is 0 Å². The first-order chi connectivity index (χ1) is 12.2. The van der Waals surface area contributed by atoms with E-state index in [1.165, 1.54) is 19.2 Å². The van der Waals surface area contributed by atoms with E-state index in [0.29, 0.717) is 18.0 Å². The number of nitrogens with zero attached hydrogens (tertiary/aromatic N) is 4. The zero-order chi connectivity index (χ0) is 17.2. The first-order valence-corrected chi connectivity index (χ1v) is 8.62. The predicted molar refractivity (Wildman–Crippen MR) is 97.2 cm³/mol. The molecule has 0 saturated carbocycles. The molecule has 0 aromatic carbocycles. The van der Waals surface area contributed by atoms with E-state index in [9.17, 15) is 0 Å². The molecule has 0 bridgehead atoms. The number of hydrogen-bond acceptors (Lipinski definition) is 7. The molecule has 0 spiro atoms. The smallest absolute Gasteiger partial charge is 0.166 e. The Balaban J connectivity index is 1.59. The van der Waals surface area contributed by atoms with Crippen LogP contribution in [0.15, 0.2) is 35.0 Å². The van der Waals surface area contributed by atoms with Crippen LogP contribution >= 0.6 is 0 Å². The van der Waals surface area contributed by atoms with Crippen molar-refractivity contribution in [2.75, 3.05) is 30.7 Å². The van der Waals surface area contributed by atoms with Crippen molar-refractivity contribution in [3.8, 4) is 0 Å². The summed E-state index contributed by atoms with van der Waals surface area (Å²) in [5, 5.41) is 4.33. The Labute approximate surface area is 146 Å². The van der Waals surface area contributed by atoms with E-state index in [4.69, 9.17) is 10.2 Å². The molecule has 1 saturated heterocycles. The molecule has 1 fully saturated rings. The minimum Gasteiger partial charge on any atom is -0.465 e. The van der Waals surface area contributed by atoms with Gasteiger partial charge in [-0.2, -0.15) is 0 Å². The maximum Gasteiger partial charge on any atom is 0.166 e. The van der Waals surface area contributed by atoms with Crippen LogP contribution in [0.2, 0.25) is 0 Å². The molecule has 25 heavy (non-hydrogen) atoms. The van der Waals surface area contributed by atoms with E-state index in [2.05, 4.69) is 31.2 Å². The SMILES string of the molecule is Cc1ccc([C@@H](CNc2ncnc3nc(N)ccc23)N2CCCC2)o1. The van der Waals surface area contributed by atoms with Gasteiger partial charge in [0.1, 0.15) is 29.5 Å². The molecule has 1 atom stereocenters. The van der Waals surface area contributed by atoms with Crippen LogP contribution in [0.1, 0.15) is 30.4 Å². The second kappa shape index (κ2) is 6.68. The fourth-order valence-corrected chi connectivity index (χ4v) is 3.39. The van der Waals surface area contributed by atoms with Crippen molar-refractivity contribution in [2.24, 2.45) is 0 Å². The Hall–Kier alpha value is -2.67. The first-order valence-electron chi connectivity index (χ1n) is 8.62. The van der Waals surface area contributed by atoms with Gasteiger partial charge in [-0.1, -0.05) is 0 Å². The summed E-state index contributed by atoms with van der Waals surface area (Å²) in [5.74, 6) is 3.15. The minimum absolute atomic E-state index is 0.183. The van der Waals surface area contributed by atoms with Crippen LogP contribution < -0.4 is 11.1 Å². The number of fused-ring (bicyclic) bond motifs is 1. The number of likely N-dealkylation sites (tertiary alicyclic amines) is 1. The van der Waals surface area contributed by atoms with Gasteiger partial charge < -0.3 is 15.5 Å². The largest absolute Gasteiger partial charge is 0.465 e. The van der Waals surface area contributed by atoms with E-state index in [1.54, 1.807) is 6.07 Å². The number of aryl methyl sites for hydroxylation is 1. The molecule has 0 aliphatic carbocycles. The summed E-state index contributed by atoms with van der Waals surface area (Å²) < 4.78 is 5.91. The molecule has 1 aliphatic rings. The van der Waals surface area contributed by atoms with Gasteiger partial charge >= 0.3 is 0 Å². The maximum atomic E-state index is 5.91. The summed E-state index contributed by atoms with van der Waals surface area (Å²) in [6.07, 6.45) is 3.98. The van der Waals surface area contributed by atoms with Gasteiger partial charge in [0.15, 0.2) is 5.65 Å². The number of hydrogen-bond donors (Lipinski definition) is 2. The van der Waals surface area contributed by atoms with Crippen molar-refractivity contribution in [3.05, 3.63) is 42.1 Å². The fourth-order valence-electron chi connectivity index (χ4n) is 3.39. The van der Waals surface area contributed by atoms with Crippen molar-refractivity contribution in [3.63, 3.8) is 0 Å². The van der Waals surface area contributed by atoms with Crippen molar-refractivity contribution in [1.29, 1.82) is 0 Å². The summed E-state index contributed by atoms with van der Waals surface area (Å²) in [5.41, 5.74) is 6.35. The predicted octanol–water partition coefficient (Wildman–Crippen LogP) is 2.76. The van der Waals surface area contributed by atoms with E-state index in [-0.39, 0.29) is 6.04 Å². The molecule has 1 aliphatic heterocycles. The normalized spacial score (nSPS) is 16.4. The zero-order valence-electron chi connectivity index (χ0n) is 14.3. The first kappa shape index (κ1) is 15.8. The number of rotatable bonds is 5. The third-order valence-electron chi connectivity index (χ3n) is 4.65. The Morgan fingerprint density at radius 2 is 2.04 bits per heavy atom. The topological polar surface area (TPSA) is 93.1 Å². The van der Waals surface area contributed by atoms with Gasteiger partial charge in [0.2, 0.25) is 0 Å². The molecule has 3 N–H and O–H groups in total. The second-order valence-corrected chi connectivity index (χ2v) is 6.42. The molecule has 0 amide bonds. The van der Waals surface area contributed by atoms with Crippen molar-refractivity contribution >= 4 is 22.7 Å². The number of anilines is 2. The summed E-state index contributed by atoms with van der Waals surface area (Å²) in [4.78, 5) is 15.3. The van der Waals surface area contributed by atoms with E-state index in [0.717, 1.165) is 35.8 Å². The van der Waals surface area contributed by atoms with Crippen LogP contribution in [0.5, 0.6) is 0 Å². The number of furan rings is 1. The standard InChI is InChI=1S/C18H22N6O/c1-12-4-6-15(25-12)14(24-8-2-3-9-24)10-20-17-13-5-7-16(19)23-18(13)22-11-21-17/h4-7,11,14H,2-3,8-10H2,1H3,(H3,19,20,21,22,23)/t14-/m1/s1. The Bertz CT molecular complexity index is 871. The van der Waals surface area contributed by atoms with Crippen LogP contribution in [0.3, 0.4) is 0 Å². The van der Waals surface area contributed by atoms with Gasteiger partial charge in [-0.15, -0.1) is 0 Å². The van der Waals surface area contributed by atoms with Crippen LogP contribution in [0.4, 0.5) is 11.6 Å². The number of aromatic nitrogens is 3. The summed E-state index contributed by atoms with van der Waals surface area (Å²) in [6.45, 7) is 4.87. The molecule has 0 unspecified atom stereocenters. The van der Waals surface area contributed by atoms with Gasteiger partial charge in [0.25, 0.3) is 0 Å². The van der Waals surface area contributed by atoms with Crippen molar-refractivity contribution < 1.29 is 4.42 Å². The van der Waals surface area contributed by atoms with Crippen LogP contribution in [0.25, 0.3) is 11.0 Å². The Kier molecular flexibility index (Phi) is 4.23. The van der Waals surface area contributed by atoms with Crippen molar-refractivity contribution in [2.45, 2.75) is 25.8 Å². The lowest BCUT2D eigenvalue weighted by atomic mass is 10.2. The zero-order valence-corrected chi connectivity index (χ0v) is 14.3. The lowest BCUT2D eigenvalue weighted by molar-refractivity contribution is 0.223. The molecule has 0 radical (unpaired) electrons. The molecule has 4 rings (SSSR count). The number of pyridine rings is 1. The molecular weight excluding hydrogens is 316 g/mol. The highest BCUT2D eigenvalue weighted by atomic mass is 16.3.